The van der Waals surface area contributed by atoms with Crippen LogP contribution < -0.4 is 0 Å². The van der Waals surface area contributed by atoms with E-state index in [1.165, 1.54) is 6.07 Å². The molecule has 2 nitrogen and oxygen atoms in total. The molecule has 0 aliphatic rings. The molecule has 0 fully saturated rings. The summed E-state index contributed by atoms with van der Waals surface area (Å²) in [6.45, 7) is 0. The first-order valence-electron chi connectivity index (χ1n) is 4.45. The zero-order chi connectivity index (χ0) is 10.8. The average molecular weight is 221 g/mol. The van der Waals surface area contributed by atoms with E-state index >= 15 is 0 Å². The number of phenols is 2. The second-order valence-electron chi connectivity index (χ2n) is 3.18. The number of aromatic hydroxyl groups is 2. The van der Waals surface area contributed by atoms with Crippen LogP contribution in [0.15, 0.2) is 42.5 Å². The van der Waals surface area contributed by atoms with E-state index in [2.05, 4.69) is 0 Å². The normalized spacial score (nSPS) is 10.2. The minimum absolute atomic E-state index is 0.0593. The molecular weight excluding hydrogens is 212 g/mol. The molecule has 2 rings (SSSR count). The first-order valence-corrected chi connectivity index (χ1v) is 4.83. The molecule has 0 heterocycles. The number of hydrogen-bond donors (Lipinski definition) is 2. The molecule has 0 saturated heterocycles. The van der Waals surface area contributed by atoms with Crippen molar-refractivity contribution in [1.82, 2.24) is 0 Å². The van der Waals surface area contributed by atoms with Gasteiger partial charge >= 0.3 is 0 Å². The van der Waals surface area contributed by atoms with Gasteiger partial charge in [0.1, 0.15) is 11.5 Å². The van der Waals surface area contributed by atoms with E-state index in [-0.39, 0.29) is 11.5 Å². The molecule has 2 aromatic rings. The largest absolute Gasteiger partial charge is 0.507 e. The van der Waals surface area contributed by atoms with E-state index in [9.17, 15) is 10.2 Å². The summed E-state index contributed by atoms with van der Waals surface area (Å²) in [5, 5.41) is 19.8. The highest BCUT2D eigenvalue weighted by Crippen LogP contribution is 2.36. The Morgan fingerprint density at radius 3 is 2.13 bits per heavy atom. The lowest BCUT2D eigenvalue weighted by molar-refractivity contribution is 0.469. The van der Waals surface area contributed by atoms with Crippen molar-refractivity contribution < 1.29 is 10.2 Å². The molecule has 0 unspecified atom stereocenters. The SMILES string of the molecule is Oc1ccccc1-c1ccc(Cl)cc1O. The van der Waals surface area contributed by atoms with Gasteiger partial charge < -0.3 is 10.2 Å². The van der Waals surface area contributed by atoms with Crippen molar-refractivity contribution in [2.24, 2.45) is 0 Å². The molecule has 2 N–H and O–H groups in total. The summed E-state index contributed by atoms with van der Waals surface area (Å²) in [4.78, 5) is 0. The Hall–Kier alpha value is -1.67. The van der Waals surface area contributed by atoms with Gasteiger partial charge in [-0.25, -0.2) is 0 Å². The maximum Gasteiger partial charge on any atom is 0.125 e. The molecule has 2 aromatic carbocycles. The van der Waals surface area contributed by atoms with E-state index in [4.69, 9.17) is 11.6 Å². The summed E-state index contributed by atoms with van der Waals surface area (Å²) in [6, 6.07) is 11.6. The number of hydrogen-bond acceptors (Lipinski definition) is 2. The molecule has 0 amide bonds. The summed E-state index contributed by atoms with van der Waals surface area (Å²) < 4.78 is 0. The average Bonchev–Trinajstić information content (AvgIpc) is 2.20. The monoisotopic (exact) mass is 220 g/mol. The van der Waals surface area contributed by atoms with Gasteiger partial charge in [0.05, 0.1) is 0 Å². The quantitative estimate of drug-likeness (QED) is 0.773. The van der Waals surface area contributed by atoms with Crippen LogP contribution >= 0.6 is 11.6 Å². The van der Waals surface area contributed by atoms with Gasteiger partial charge in [0, 0.05) is 16.1 Å². The molecule has 0 radical (unpaired) electrons. The summed E-state index contributed by atoms with van der Waals surface area (Å²) in [5.41, 5.74) is 1.16. The Morgan fingerprint density at radius 1 is 0.800 bits per heavy atom. The maximum absolute atomic E-state index is 9.67. The molecule has 0 aliphatic heterocycles. The molecule has 15 heavy (non-hydrogen) atoms. The Labute approximate surface area is 92.4 Å². The fraction of sp³-hybridized carbons (Fsp3) is 0. The maximum atomic E-state index is 9.67. The van der Waals surface area contributed by atoms with E-state index in [0.717, 1.165) is 0 Å². The number of rotatable bonds is 1. The molecule has 0 atom stereocenters. The molecule has 76 valence electrons. The van der Waals surface area contributed by atoms with Crippen molar-refractivity contribution in [2.75, 3.05) is 0 Å². The van der Waals surface area contributed by atoms with Crippen LogP contribution in [0, 0.1) is 0 Å². The number of halogens is 1. The van der Waals surface area contributed by atoms with Crippen LogP contribution in [0.25, 0.3) is 11.1 Å². The zero-order valence-electron chi connectivity index (χ0n) is 7.81. The van der Waals surface area contributed by atoms with Gasteiger partial charge in [0.15, 0.2) is 0 Å². The van der Waals surface area contributed by atoms with E-state index in [0.29, 0.717) is 16.1 Å². The summed E-state index contributed by atoms with van der Waals surface area (Å²) in [5.74, 6) is 0.194. The van der Waals surface area contributed by atoms with E-state index < -0.39 is 0 Å². The molecule has 0 bridgehead atoms. The standard InChI is InChI=1S/C12H9ClO2/c13-8-5-6-10(12(15)7-8)9-3-1-2-4-11(9)14/h1-7,14-15H. The third-order valence-electron chi connectivity index (χ3n) is 2.15. The van der Waals surface area contributed by atoms with E-state index in [1.807, 2.05) is 0 Å². The zero-order valence-corrected chi connectivity index (χ0v) is 8.57. The van der Waals surface area contributed by atoms with Gasteiger partial charge in [-0.3, -0.25) is 0 Å². The summed E-state index contributed by atoms with van der Waals surface area (Å²) in [6.07, 6.45) is 0. The number of phenolic OH excluding ortho intramolecular Hbond substituents is 2. The van der Waals surface area contributed by atoms with Gasteiger partial charge in [0.25, 0.3) is 0 Å². The van der Waals surface area contributed by atoms with Crippen molar-refractivity contribution >= 4 is 11.6 Å². The molecule has 0 aromatic heterocycles. The highest BCUT2D eigenvalue weighted by atomic mass is 35.5. The van der Waals surface area contributed by atoms with Crippen LogP contribution in [0.5, 0.6) is 11.5 Å². The number of para-hydroxylation sites is 1. The van der Waals surface area contributed by atoms with Crippen molar-refractivity contribution in [3.05, 3.63) is 47.5 Å². The van der Waals surface area contributed by atoms with Gasteiger partial charge in [-0.1, -0.05) is 29.8 Å². The predicted octanol–water partition coefficient (Wildman–Crippen LogP) is 3.42. The summed E-state index contributed by atoms with van der Waals surface area (Å²) in [7, 11) is 0. The van der Waals surface area contributed by atoms with Crippen LogP contribution in [-0.4, -0.2) is 10.2 Å². The van der Waals surface area contributed by atoms with Crippen molar-refractivity contribution in [3.8, 4) is 22.6 Å². The lowest BCUT2D eigenvalue weighted by Crippen LogP contribution is -1.80. The van der Waals surface area contributed by atoms with Crippen molar-refractivity contribution in [1.29, 1.82) is 0 Å². The lowest BCUT2D eigenvalue weighted by atomic mass is 10.0. The summed E-state index contributed by atoms with van der Waals surface area (Å²) >= 11 is 5.72. The fourth-order valence-corrected chi connectivity index (χ4v) is 1.60. The minimum Gasteiger partial charge on any atom is -0.507 e. The molecule has 0 aliphatic carbocycles. The van der Waals surface area contributed by atoms with Crippen LogP contribution in [0.4, 0.5) is 0 Å². The van der Waals surface area contributed by atoms with Crippen LogP contribution in [-0.2, 0) is 0 Å². The fourth-order valence-electron chi connectivity index (χ4n) is 1.43. The molecule has 0 spiro atoms. The molecular formula is C12H9ClO2. The van der Waals surface area contributed by atoms with E-state index in [1.54, 1.807) is 36.4 Å². The van der Waals surface area contributed by atoms with Crippen LogP contribution in [0.3, 0.4) is 0 Å². The topological polar surface area (TPSA) is 40.5 Å². The van der Waals surface area contributed by atoms with Crippen LogP contribution in [0.1, 0.15) is 0 Å². The second-order valence-corrected chi connectivity index (χ2v) is 3.62. The lowest BCUT2D eigenvalue weighted by Gasteiger charge is -2.06. The first-order chi connectivity index (χ1) is 7.18. The Balaban J connectivity index is 2.60. The Kier molecular flexibility index (Phi) is 2.52. The van der Waals surface area contributed by atoms with Crippen molar-refractivity contribution in [3.63, 3.8) is 0 Å². The van der Waals surface area contributed by atoms with Gasteiger partial charge in [-0.15, -0.1) is 0 Å². The van der Waals surface area contributed by atoms with Crippen LogP contribution in [0.2, 0.25) is 5.02 Å². The minimum atomic E-state index is 0.0593. The smallest absolute Gasteiger partial charge is 0.125 e. The van der Waals surface area contributed by atoms with Gasteiger partial charge in [0.2, 0.25) is 0 Å². The van der Waals surface area contributed by atoms with Gasteiger partial charge in [-0.2, -0.15) is 0 Å². The highest BCUT2D eigenvalue weighted by molar-refractivity contribution is 6.30. The molecule has 3 heteroatoms. The third kappa shape index (κ3) is 1.90. The highest BCUT2D eigenvalue weighted by Gasteiger charge is 2.08. The number of benzene rings is 2. The Morgan fingerprint density at radius 2 is 1.47 bits per heavy atom. The second kappa shape index (κ2) is 3.83. The third-order valence-corrected chi connectivity index (χ3v) is 2.39. The predicted molar refractivity (Wildman–Crippen MR) is 60.2 cm³/mol. The Bertz CT molecular complexity index is 495. The van der Waals surface area contributed by atoms with Crippen molar-refractivity contribution in [2.45, 2.75) is 0 Å². The molecule has 0 saturated carbocycles. The first kappa shape index (κ1) is 9.87. The van der Waals surface area contributed by atoms with Gasteiger partial charge in [-0.05, 0) is 24.3 Å².